The van der Waals surface area contributed by atoms with E-state index in [9.17, 15) is 12.8 Å². The van der Waals surface area contributed by atoms with Crippen LogP contribution >= 0.6 is 11.3 Å². The van der Waals surface area contributed by atoms with E-state index in [1.165, 1.54) is 35.7 Å². The number of nitrogens with one attached hydrogen (secondary N) is 1. The number of halogens is 1. The summed E-state index contributed by atoms with van der Waals surface area (Å²) in [5.41, 5.74) is 1.53. The third kappa shape index (κ3) is 3.97. The Morgan fingerprint density at radius 1 is 1.04 bits per heavy atom. The summed E-state index contributed by atoms with van der Waals surface area (Å²) in [5.74, 6) is -0.515. The Labute approximate surface area is 166 Å². The van der Waals surface area contributed by atoms with E-state index in [1.807, 2.05) is 47.8 Å². The van der Waals surface area contributed by atoms with Crippen molar-refractivity contribution in [2.24, 2.45) is 0 Å². The summed E-state index contributed by atoms with van der Waals surface area (Å²) in [7, 11) is -3.95. The van der Waals surface area contributed by atoms with Gasteiger partial charge in [0, 0.05) is 6.20 Å². The third-order valence-corrected chi connectivity index (χ3v) is 6.30. The molecule has 4 aromatic rings. The summed E-state index contributed by atoms with van der Waals surface area (Å²) in [4.78, 5) is 0.793. The molecule has 2 aromatic heterocycles. The lowest BCUT2D eigenvalue weighted by molar-refractivity contribution is 0.600. The monoisotopic (exact) mass is 413 g/mol. The number of aromatic nitrogens is 2. The molecule has 0 spiro atoms. The molecule has 0 aliphatic rings. The summed E-state index contributed by atoms with van der Waals surface area (Å²) in [6, 6.07) is 18.7. The van der Waals surface area contributed by atoms with Crippen LogP contribution in [0.5, 0.6) is 0 Å². The van der Waals surface area contributed by atoms with E-state index in [0.717, 1.165) is 16.5 Å². The lowest BCUT2D eigenvalue weighted by Gasteiger charge is -2.07. The van der Waals surface area contributed by atoms with E-state index in [4.69, 9.17) is 0 Å². The number of sulfonamides is 1. The second kappa shape index (κ2) is 7.57. The summed E-state index contributed by atoms with van der Waals surface area (Å²) in [5, 5.41) is 6.37. The molecular formula is C20H16FN3O2S2. The predicted octanol–water partition coefficient (Wildman–Crippen LogP) is 4.60. The second-order valence-corrected chi connectivity index (χ2v) is 8.72. The second-order valence-electron chi connectivity index (χ2n) is 6.12. The number of anilines is 1. The van der Waals surface area contributed by atoms with Gasteiger partial charge in [-0.05, 0) is 35.2 Å². The van der Waals surface area contributed by atoms with Crippen molar-refractivity contribution in [1.82, 2.24) is 9.78 Å². The first-order chi connectivity index (χ1) is 13.5. The highest BCUT2D eigenvalue weighted by Crippen LogP contribution is 2.31. The summed E-state index contributed by atoms with van der Waals surface area (Å²) >= 11 is 1.41. The van der Waals surface area contributed by atoms with E-state index in [0.29, 0.717) is 12.2 Å². The molecule has 142 valence electrons. The van der Waals surface area contributed by atoms with Gasteiger partial charge in [-0.15, -0.1) is 11.3 Å². The zero-order chi connectivity index (χ0) is 19.6. The van der Waals surface area contributed by atoms with Crippen molar-refractivity contribution in [1.29, 1.82) is 0 Å². The minimum absolute atomic E-state index is 0.0511. The maximum absolute atomic E-state index is 13.4. The van der Waals surface area contributed by atoms with Gasteiger partial charge in [0.25, 0.3) is 10.0 Å². The lowest BCUT2D eigenvalue weighted by Crippen LogP contribution is -2.13. The van der Waals surface area contributed by atoms with E-state index >= 15 is 0 Å². The molecule has 0 radical (unpaired) electrons. The van der Waals surface area contributed by atoms with E-state index < -0.39 is 15.8 Å². The van der Waals surface area contributed by atoms with Crippen molar-refractivity contribution in [2.45, 2.75) is 11.4 Å². The smallest absolute Gasteiger partial charge is 0.265 e. The minimum Gasteiger partial charge on any atom is -0.279 e. The van der Waals surface area contributed by atoms with Crippen molar-refractivity contribution in [3.8, 4) is 10.6 Å². The van der Waals surface area contributed by atoms with Crippen LogP contribution in [-0.2, 0) is 16.6 Å². The van der Waals surface area contributed by atoms with Crippen LogP contribution in [0.3, 0.4) is 0 Å². The Hall–Kier alpha value is -2.97. The van der Waals surface area contributed by atoms with E-state index in [2.05, 4.69) is 9.82 Å². The Balaban J connectivity index is 1.74. The highest BCUT2D eigenvalue weighted by atomic mass is 32.2. The van der Waals surface area contributed by atoms with Crippen LogP contribution < -0.4 is 4.72 Å². The molecular weight excluding hydrogens is 397 g/mol. The van der Waals surface area contributed by atoms with Gasteiger partial charge in [-0.1, -0.05) is 42.5 Å². The molecule has 0 saturated heterocycles. The van der Waals surface area contributed by atoms with E-state index in [1.54, 1.807) is 4.68 Å². The molecule has 0 bridgehead atoms. The van der Waals surface area contributed by atoms with Crippen LogP contribution in [0.25, 0.3) is 10.6 Å². The first-order valence-electron chi connectivity index (χ1n) is 8.45. The van der Waals surface area contributed by atoms with Crippen molar-refractivity contribution in [2.75, 3.05) is 4.72 Å². The fraction of sp³-hybridized carbons (Fsp3) is 0.0500. The normalized spacial score (nSPS) is 11.5. The van der Waals surface area contributed by atoms with Gasteiger partial charge < -0.3 is 0 Å². The number of hydrogen-bond donors (Lipinski definition) is 1. The molecule has 5 nitrogen and oxygen atoms in total. The molecule has 8 heteroatoms. The predicted molar refractivity (Wildman–Crippen MR) is 108 cm³/mol. The molecule has 1 N–H and O–H groups in total. The van der Waals surface area contributed by atoms with Gasteiger partial charge >= 0.3 is 0 Å². The van der Waals surface area contributed by atoms with Crippen LogP contribution in [0.4, 0.5) is 10.1 Å². The molecule has 4 rings (SSSR count). The number of hydrogen-bond acceptors (Lipinski definition) is 4. The minimum atomic E-state index is -3.95. The topological polar surface area (TPSA) is 64.0 Å². The molecule has 0 fully saturated rings. The highest BCUT2D eigenvalue weighted by molar-refractivity contribution is 7.92. The average Bonchev–Trinajstić information content (AvgIpc) is 3.32. The maximum atomic E-state index is 13.4. The highest BCUT2D eigenvalue weighted by Gasteiger charge is 2.24. The quantitative estimate of drug-likeness (QED) is 0.502. The fourth-order valence-corrected chi connectivity index (χ4v) is 4.80. The lowest BCUT2D eigenvalue weighted by atomic mass is 10.2. The Kier molecular flexibility index (Phi) is 4.97. The van der Waals surface area contributed by atoms with Gasteiger partial charge in [0.05, 0.1) is 17.1 Å². The van der Waals surface area contributed by atoms with Crippen LogP contribution in [0.1, 0.15) is 5.56 Å². The Bertz CT molecular complexity index is 1190. The van der Waals surface area contributed by atoms with Crippen molar-refractivity contribution in [3.05, 3.63) is 89.7 Å². The number of thiophene rings is 1. The zero-order valence-electron chi connectivity index (χ0n) is 14.6. The number of rotatable bonds is 6. The molecule has 0 aliphatic heterocycles. The van der Waals surface area contributed by atoms with Gasteiger partial charge in [0.15, 0.2) is 0 Å². The third-order valence-electron chi connectivity index (χ3n) is 4.04. The largest absolute Gasteiger partial charge is 0.279 e. The standard InChI is InChI=1S/C20H16FN3O2S2/c21-16-8-4-9-17(12-16)23-28(25,26)19-14-24(13-15-6-2-1-3-7-15)22-20(19)18-10-5-11-27-18/h1-12,14,23H,13H2. The average molecular weight is 413 g/mol. The van der Waals surface area contributed by atoms with Gasteiger partial charge in [-0.3, -0.25) is 9.40 Å². The molecule has 0 aliphatic carbocycles. The van der Waals surface area contributed by atoms with Crippen LogP contribution in [-0.4, -0.2) is 18.2 Å². The van der Waals surface area contributed by atoms with Gasteiger partial charge in [0.2, 0.25) is 0 Å². The van der Waals surface area contributed by atoms with E-state index in [-0.39, 0.29) is 10.6 Å². The molecule has 2 aromatic carbocycles. The molecule has 0 unspecified atom stereocenters. The Morgan fingerprint density at radius 3 is 2.57 bits per heavy atom. The molecule has 0 saturated carbocycles. The van der Waals surface area contributed by atoms with Crippen LogP contribution in [0.15, 0.2) is 83.2 Å². The van der Waals surface area contributed by atoms with Gasteiger partial charge in [-0.2, -0.15) is 5.10 Å². The summed E-state index contributed by atoms with van der Waals surface area (Å²) < 4.78 is 43.5. The number of benzene rings is 2. The first kappa shape index (κ1) is 18.4. The Morgan fingerprint density at radius 2 is 1.86 bits per heavy atom. The SMILES string of the molecule is O=S(=O)(Nc1cccc(F)c1)c1cn(Cc2ccccc2)nc1-c1cccs1. The molecule has 0 atom stereocenters. The first-order valence-corrected chi connectivity index (χ1v) is 10.8. The summed E-state index contributed by atoms with van der Waals surface area (Å²) in [6.45, 7) is 0.439. The molecule has 0 amide bonds. The van der Waals surface area contributed by atoms with Crippen LogP contribution in [0, 0.1) is 5.82 Å². The van der Waals surface area contributed by atoms with Crippen molar-refractivity contribution in [3.63, 3.8) is 0 Å². The van der Waals surface area contributed by atoms with Gasteiger partial charge in [-0.25, -0.2) is 12.8 Å². The van der Waals surface area contributed by atoms with Crippen molar-refractivity contribution < 1.29 is 12.8 Å². The molecule has 28 heavy (non-hydrogen) atoms. The zero-order valence-corrected chi connectivity index (χ0v) is 16.3. The maximum Gasteiger partial charge on any atom is 0.265 e. The van der Waals surface area contributed by atoms with Crippen molar-refractivity contribution >= 4 is 27.0 Å². The van der Waals surface area contributed by atoms with Gasteiger partial charge in [0.1, 0.15) is 16.4 Å². The number of nitrogens with zero attached hydrogens (tertiary/aromatic N) is 2. The fourth-order valence-electron chi connectivity index (χ4n) is 2.80. The summed E-state index contributed by atoms with van der Waals surface area (Å²) in [6.07, 6.45) is 1.50. The van der Waals surface area contributed by atoms with Crippen LogP contribution in [0.2, 0.25) is 0 Å². The molecule has 2 heterocycles.